The molecule has 0 saturated carbocycles. The number of benzene rings is 2. The van der Waals surface area contributed by atoms with E-state index in [1.807, 2.05) is 6.92 Å². The van der Waals surface area contributed by atoms with E-state index in [9.17, 15) is 35.5 Å². The molecular formula is C30H37F2N3O9S2. The van der Waals surface area contributed by atoms with Gasteiger partial charge in [0.1, 0.15) is 30.0 Å². The predicted molar refractivity (Wildman–Crippen MR) is 164 cm³/mol. The summed E-state index contributed by atoms with van der Waals surface area (Å²) < 4.78 is 93.4. The van der Waals surface area contributed by atoms with Crippen LogP contribution in [0.3, 0.4) is 0 Å². The first-order valence-electron chi connectivity index (χ1n) is 14.9. The van der Waals surface area contributed by atoms with Crippen LogP contribution in [0.25, 0.3) is 10.9 Å². The summed E-state index contributed by atoms with van der Waals surface area (Å²) in [7, 11) is -9.17. The molecule has 0 radical (unpaired) electrons. The first kappa shape index (κ1) is 34.3. The SMILES string of the molecule is CCn1cc(S(=O)(=O)N2CCC3(CC2)C[C@@H](NC[C@H](O)COc2cccc(S(=O)(=O)C(F)(F)CO)c2)CO3)c(=O)c2ccccc21. The number of rotatable bonds is 12. The van der Waals surface area contributed by atoms with Crippen molar-refractivity contribution in [1.29, 1.82) is 0 Å². The number of aliphatic hydroxyl groups is 2. The minimum absolute atomic E-state index is 0.0453. The Bertz CT molecular complexity index is 1840. The van der Waals surface area contributed by atoms with Gasteiger partial charge in [0.05, 0.1) is 22.6 Å². The molecule has 2 saturated heterocycles. The molecule has 2 fully saturated rings. The van der Waals surface area contributed by atoms with Gasteiger partial charge in [0, 0.05) is 43.8 Å². The third kappa shape index (κ3) is 6.70. The smallest absolute Gasteiger partial charge is 0.372 e. The number of ether oxygens (including phenoxy) is 2. The topological polar surface area (TPSA) is 164 Å². The van der Waals surface area contributed by atoms with Gasteiger partial charge in [-0.25, -0.2) is 16.8 Å². The minimum atomic E-state index is -5.13. The molecule has 0 aliphatic carbocycles. The van der Waals surface area contributed by atoms with Gasteiger partial charge in [0.2, 0.25) is 25.3 Å². The van der Waals surface area contributed by atoms with Gasteiger partial charge in [-0.05, 0) is 56.5 Å². The lowest BCUT2D eigenvalue weighted by molar-refractivity contribution is -0.0312. The number of hydrogen-bond acceptors (Lipinski definition) is 10. The van der Waals surface area contributed by atoms with Crippen molar-refractivity contribution in [2.75, 3.05) is 39.5 Å². The molecular weight excluding hydrogens is 648 g/mol. The lowest BCUT2D eigenvalue weighted by Gasteiger charge is -2.38. The third-order valence-electron chi connectivity index (χ3n) is 8.53. The Balaban J connectivity index is 1.13. The highest BCUT2D eigenvalue weighted by molar-refractivity contribution is 7.92. The number of aromatic nitrogens is 1. The Morgan fingerprint density at radius 2 is 1.85 bits per heavy atom. The summed E-state index contributed by atoms with van der Waals surface area (Å²) in [6.07, 6.45) is 1.82. The molecule has 2 atom stereocenters. The summed E-state index contributed by atoms with van der Waals surface area (Å²) in [4.78, 5) is 12.2. The highest BCUT2D eigenvalue weighted by Crippen LogP contribution is 2.37. The number of aliphatic hydroxyl groups excluding tert-OH is 2. The van der Waals surface area contributed by atoms with Crippen LogP contribution in [0.15, 0.2) is 69.3 Å². The molecule has 12 nitrogen and oxygen atoms in total. The maximum absolute atomic E-state index is 13.7. The van der Waals surface area contributed by atoms with E-state index in [4.69, 9.17) is 14.6 Å². The number of nitrogens with one attached hydrogen (secondary N) is 1. The van der Waals surface area contributed by atoms with Crippen LogP contribution >= 0.6 is 0 Å². The summed E-state index contributed by atoms with van der Waals surface area (Å²) in [6.45, 7) is 1.06. The molecule has 1 spiro atoms. The Kier molecular flexibility index (Phi) is 9.90. The molecule has 3 N–H and O–H groups in total. The standard InChI is InChI=1S/C30H37F2N3O9S2/c1-2-34-17-27(28(38)25-8-3-4-9-26(25)34)46(41,42)35-12-10-29(11-13-35)15-21(18-44-29)33-16-22(37)19-43-23-6-5-7-24(14-23)45(39,40)30(31,32)20-36/h3-9,14,17,21-22,33,36-37H,2,10-13,15-16,18-20H2,1H3/t21-,22+/m1/s1. The maximum atomic E-state index is 13.7. The fourth-order valence-electron chi connectivity index (χ4n) is 5.90. The molecule has 3 aromatic rings. The summed E-state index contributed by atoms with van der Waals surface area (Å²) in [6, 6.07) is 11.2. The van der Waals surface area contributed by atoms with Crippen molar-refractivity contribution in [2.24, 2.45) is 0 Å². The highest BCUT2D eigenvalue weighted by atomic mass is 32.2. The average molecular weight is 686 g/mol. The summed E-state index contributed by atoms with van der Waals surface area (Å²) in [5, 5.41) is 18.4. The van der Waals surface area contributed by atoms with E-state index < -0.39 is 53.8 Å². The zero-order valence-corrected chi connectivity index (χ0v) is 26.8. The quantitative estimate of drug-likeness (QED) is 0.256. The first-order valence-corrected chi connectivity index (χ1v) is 17.8. The van der Waals surface area contributed by atoms with E-state index in [2.05, 4.69) is 5.32 Å². The molecule has 46 heavy (non-hydrogen) atoms. The number of sulfonamides is 1. The van der Waals surface area contributed by atoms with Gasteiger partial charge in [-0.3, -0.25) is 4.79 Å². The fourth-order valence-corrected chi connectivity index (χ4v) is 8.49. The van der Waals surface area contributed by atoms with Crippen molar-refractivity contribution in [3.8, 4) is 5.75 Å². The number of alkyl halides is 2. The summed E-state index contributed by atoms with van der Waals surface area (Å²) >= 11 is 0. The maximum Gasteiger partial charge on any atom is 0.372 e. The van der Waals surface area contributed by atoms with Crippen molar-refractivity contribution in [3.63, 3.8) is 0 Å². The summed E-state index contributed by atoms with van der Waals surface area (Å²) in [5.74, 6) is -0.0453. The molecule has 0 amide bonds. The van der Waals surface area contributed by atoms with Crippen molar-refractivity contribution in [3.05, 3.63) is 65.0 Å². The second-order valence-corrected chi connectivity index (χ2v) is 15.6. The van der Waals surface area contributed by atoms with Crippen LogP contribution in [0.4, 0.5) is 8.78 Å². The molecule has 2 aliphatic rings. The zero-order valence-electron chi connectivity index (χ0n) is 25.1. The second-order valence-electron chi connectivity index (χ2n) is 11.6. The van der Waals surface area contributed by atoms with E-state index in [1.165, 1.54) is 22.6 Å². The van der Waals surface area contributed by atoms with Gasteiger partial charge in [0.15, 0.2) is 0 Å². The van der Waals surface area contributed by atoms with Gasteiger partial charge in [-0.1, -0.05) is 18.2 Å². The zero-order chi connectivity index (χ0) is 33.3. The van der Waals surface area contributed by atoms with E-state index in [-0.39, 0.29) is 42.9 Å². The molecule has 16 heteroatoms. The number of sulfone groups is 1. The van der Waals surface area contributed by atoms with E-state index >= 15 is 0 Å². The van der Waals surface area contributed by atoms with Crippen LogP contribution in [0.5, 0.6) is 5.75 Å². The van der Waals surface area contributed by atoms with Gasteiger partial charge in [-0.2, -0.15) is 13.1 Å². The Morgan fingerprint density at radius 3 is 2.54 bits per heavy atom. The molecule has 1 aromatic heterocycles. The number of halogens is 2. The largest absolute Gasteiger partial charge is 0.491 e. The third-order valence-corrected chi connectivity index (χ3v) is 12.2. The molecule has 252 valence electrons. The van der Waals surface area contributed by atoms with Gasteiger partial charge >= 0.3 is 5.25 Å². The molecule has 2 aliphatic heterocycles. The van der Waals surface area contributed by atoms with Gasteiger partial charge < -0.3 is 29.6 Å². The van der Waals surface area contributed by atoms with Crippen LogP contribution in [-0.2, 0) is 31.1 Å². The van der Waals surface area contributed by atoms with Crippen molar-refractivity contribution >= 4 is 30.8 Å². The van der Waals surface area contributed by atoms with E-state index in [0.29, 0.717) is 43.3 Å². The number of fused-ring (bicyclic) bond motifs is 1. The van der Waals surface area contributed by atoms with Gasteiger partial charge in [-0.15, -0.1) is 0 Å². The lowest BCUT2D eigenvalue weighted by Crippen LogP contribution is -2.47. The number of piperidine rings is 1. The minimum Gasteiger partial charge on any atom is -0.491 e. The number of para-hydroxylation sites is 1. The highest BCUT2D eigenvalue weighted by Gasteiger charge is 2.46. The van der Waals surface area contributed by atoms with Crippen molar-refractivity contribution in [1.82, 2.24) is 14.2 Å². The fraction of sp³-hybridized carbons (Fsp3) is 0.500. The van der Waals surface area contributed by atoms with Crippen LogP contribution in [0, 0.1) is 0 Å². The number of pyridine rings is 1. The Morgan fingerprint density at radius 1 is 1.13 bits per heavy atom. The van der Waals surface area contributed by atoms with Crippen LogP contribution in [-0.4, -0.2) is 98.4 Å². The average Bonchev–Trinajstić information content (AvgIpc) is 3.45. The molecule has 0 unspecified atom stereocenters. The lowest BCUT2D eigenvalue weighted by atomic mass is 9.88. The molecule has 2 aromatic carbocycles. The summed E-state index contributed by atoms with van der Waals surface area (Å²) in [5.41, 5.74) is -0.404. The number of aryl methyl sites for hydroxylation is 1. The molecule has 0 bridgehead atoms. The predicted octanol–water partition coefficient (Wildman–Crippen LogP) is 1.72. The van der Waals surface area contributed by atoms with Gasteiger partial charge in [0.25, 0.3) is 0 Å². The van der Waals surface area contributed by atoms with Crippen LogP contribution in [0.1, 0.15) is 26.2 Å². The molecule has 5 rings (SSSR count). The van der Waals surface area contributed by atoms with E-state index in [0.717, 1.165) is 12.1 Å². The van der Waals surface area contributed by atoms with Crippen molar-refractivity contribution in [2.45, 2.75) is 65.5 Å². The Hall–Kier alpha value is -2.99. The first-order chi connectivity index (χ1) is 21.7. The monoisotopic (exact) mass is 685 g/mol. The Labute approximate surface area is 265 Å². The normalized spacial score (nSPS) is 19.9. The van der Waals surface area contributed by atoms with Crippen LogP contribution < -0.4 is 15.5 Å². The second kappa shape index (κ2) is 13.3. The molecule has 3 heterocycles. The van der Waals surface area contributed by atoms with E-state index in [1.54, 1.807) is 28.8 Å². The number of nitrogens with zero attached hydrogens (tertiary/aromatic N) is 2. The number of hydrogen-bond donors (Lipinski definition) is 3. The van der Waals surface area contributed by atoms with Crippen LogP contribution in [0.2, 0.25) is 0 Å². The van der Waals surface area contributed by atoms with Crippen molar-refractivity contribution < 1.29 is 45.3 Å².